The summed E-state index contributed by atoms with van der Waals surface area (Å²) < 4.78 is 5.04. The number of ketones is 1. The number of benzene rings is 1. The van der Waals surface area contributed by atoms with Crippen molar-refractivity contribution in [2.45, 2.75) is 12.5 Å². The van der Waals surface area contributed by atoms with Gasteiger partial charge in [0.25, 0.3) is 0 Å². The van der Waals surface area contributed by atoms with Crippen LogP contribution in [-0.2, 0) is 0 Å². The van der Waals surface area contributed by atoms with E-state index < -0.39 is 0 Å². The van der Waals surface area contributed by atoms with E-state index in [2.05, 4.69) is 0 Å². The van der Waals surface area contributed by atoms with Crippen LogP contribution in [0.5, 0.6) is 5.75 Å². The van der Waals surface area contributed by atoms with Crippen LogP contribution >= 0.6 is 11.6 Å². The number of hydrogen-bond acceptors (Lipinski definition) is 4. The van der Waals surface area contributed by atoms with Crippen molar-refractivity contribution in [1.29, 1.82) is 0 Å². The van der Waals surface area contributed by atoms with Gasteiger partial charge in [-0.2, -0.15) is 0 Å². The molecule has 1 aromatic carbocycles. The molecule has 4 nitrogen and oxygen atoms in total. The highest BCUT2D eigenvalue weighted by molar-refractivity contribution is 6.32. The minimum Gasteiger partial charge on any atom is -0.495 e. The first kappa shape index (κ1) is 13.3. The lowest BCUT2D eigenvalue weighted by Gasteiger charge is -2.14. The summed E-state index contributed by atoms with van der Waals surface area (Å²) in [5, 5.41) is 9.84. The Bertz CT molecular complexity index is 450. The van der Waals surface area contributed by atoms with E-state index in [1.165, 1.54) is 7.11 Å². The number of β-amino-alcohol motifs (C(OH)–C–C–N with tert-alkyl or cyclic N) is 1. The molecule has 1 atom stereocenters. The molecule has 1 N–H and O–H groups in total. The van der Waals surface area contributed by atoms with Gasteiger partial charge in [0.15, 0.2) is 5.78 Å². The quantitative estimate of drug-likeness (QED) is 0.844. The summed E-state index contributed by atoms with van der Waals surface area (Å²) in [6.45, 7) is 1.64. The molecule has 1 saturated heterocycles. The summed E-state index contributed by atoms with van der Waals surface area (Å²) in [6, 6.07) is 5.02. The Hall–Kier alpha value is -1.10. The van der Waals surface area contributed by atoms with Gasteiger partial charge in [0, 0.05) is 18.7 Å². The van der Waals surface area contributed by atoms with Gasteiger partial charge in [0.05, 0.1) is 24.8 Å². The number of aliphatic hydroxyl groups excluding tert-OH is 1. The molecule has 0 spiro atoms. The van der Waals surface area contributed by atoms with E-state index in [-0.39, 0.29) is 11.9 Å². The van der Waals surface area contributed by atoms with Gasteiger partial charge >= 0.3 is 0 Å². The van der Waals surface area contributed by atoms with Gasteiger partial charge in [-0.3, -0.25) is 9.69 Å². The number of carbonyl (C=O) groups is 1. The summed E-state index contributed by atoms with van der Waals surface area (Å²) in [4.78, 5) is 14.0. The van der Waals surface area contributed by atoms with Crippen molar-refractivity contribution in [3.63, 3.8) is 0 Å². The molecule has 1 aromatic rings. The van der Waals surface area contributed by atoms with E-state index in [1.54, 1.807) is 18.2 Å². The number of nitrogens with zero attached hydrogens (tertiary/aromatic N) is 1. The van der Waals surface area contributed by atoms with Crippen LogP contribution in [0.1, 0.15) is 16.8 Å². The van der Waals surface area contributed by atoms with Gasteiger partial charge in [-0.25, -0.2) is 0 Å². The first-order valence-electron chi connectivity index (χ1n) is 5.87. The van der Waals surface area contributed by atoms with Crippen molar-refractivity contribution in [2.24, 2.45) is 0 Å². The Morgan fingerprint density at radius 2 is 2.39 bits per heavy atom. The lowest BCUT2D eigenvalue weighted by Crippen LogP contribution is -2.28. The van der Waals surface area contributed by atoms with Crippen molar-refractivity contribution < 1.29 is 14.6 Å². The van der Waals surface area contributed by atoms with Crippen molar-refractivity contribution >= 4 is 17.4 Å². The summed E-state index contributed by atoms with van der Waals surface area (Å²) in [5.41, 5.74) is 0.571. The van der Waals surface area contributed by atoms with Gasteiger partial charge in [0.1, 0.15) is 5.75 Å². The fraction of sp³-hybridized carbons (Fsp3) is 0.462. The highest BCUT2D eigenvalue weighted by Gasteiger charge is 2.22. The first-order chi connectivity index (χ1) is 8.60. The topological polar surface area (TPSA) is 49.8 Å². The summed E-state index contributed by atoms with van der Waals surface area (Å²) in [5.74, 6) is 0.568. The molecule has 0 aromatic heterocycles. The summed E-state index contributed by atoms with van der Waals surface area (Å²) >= 11 is 5.98. The van der Waals surface area contributed by atoms with Gasteiger partial charge < -0.3 is 9.84 Å². The van der Waals surface area contributed by atoms with Crippen LogP contribution in [0.25, 0.3) is 0 Å². The van der Waals surface area contributed by atoms with Crippen LogP contribution < -0.4 is 4.74 Å². The van der Waals surface area contributed by atoms with Crippen LogP contribution in [0.15, 0.2) is 18.2 Å². The second-order valence-electron chi connectivity index (χ2n) is 4.45. The maximum atomic E-state index is 12.0. The van der Waals surface area contributed by atoms with Crippen molar-refractivity contribution in [3.05, 3.63) is 28.8 Å². The fourth-order valence-corrected chi connectivity index (χ4v) is 2.35. The Balaban J connectivity index is 2.02. The Morgan fingerprint density at radius 1 is 1.61 bits per heavy atom. The van der Waals surface area contributed by atoms with Crippen molar-refractivity contribution in [3.8, 4) is 5.75 Å². The lowest BCUT2D eigenvalue weighted by molar-refractivity contribution is 0.0935. The molecule has 2 rings (SSSR count). The minimum atomic E-state index is -0.308. The van der Waals surface area contributed by atoms with Crippen LogP contribution in [-0.4, -0.2) is 48.6 Å². The molecule has 0 bridgehead atoms. The third-order valence-corrected chi connectivity index (χ3v) is 3.38. The van der Waals surface area contributed by atoms with E-state index in [1.807, 2.05) is 4.90 Å². The molecule has 0 amide bonds. The highest BCUT2D eigenvalue weighted by atomic mass is 35.5. The zero-order valence-corrected chi connectivity index (χ0v) is 11.0. The number of methoxy groups -OCH3 is 1. The molecule has 18 heavy (non-hydrogen) atoms. The predicted molar refractivity (Wildman–Crippen MR) is 69.4 cm³/mol. The summed E-state index contributed by atoms with van der Waals surface area (Å²) in [6.07, 6.45) is 0.425. The number of hydrogen-bond donors (Lipinski definition) is 1. The Kier molecular flexibility index (Phi) is 4.22. The SMILES string of the molecule is COc1ccc(C(=O)CN2CCC(O)C2)cc1Cl. The van der Waals surface area contributed by atoms with Crippen LogP contribution in [0.3, 0.4) is 0 Å². The number of likely N-dealkylation sites (tertiary alicyclic amines) is 1. The lowest BCUT2D eigenvalue weighted by atomic mass is 10.1. The number of Topliss-reactive ketones (excluding diaryl/α,β-unsaturated/α-hetero) is 1. The van der Waals surface area contributed by atoms with Gasteiger partial charge in [0.2, 0.25) is 0 Å². The number of halogens is 1. The van der Waals surface area contributed by atoms with Crippen LogP contribution in [0.4, 0.5) is 0 Å². The average molecular weight is 270 g/mol. The number of carbonyl (C=O) groups excluding carboxylic acids is 1. The molecule has 5 heteroatoms. The van der Waals surface area contributed by atoms with Gasteiger partial charge in [-0.05, 0) is 24.6 Å². The van der Waals surface area contributed by atoms with E-state index in [0.717, 1.165) is 13.0 Å². The Labute approximate surface area is 111 Å². The molecule has 1 unspecified atom stereocenters. The van der Waals surface area contributed by atoms with E-state index >= 15 is 0 Å². The summed E-state index contributed by atoms with van der Waals surface area (Å²) in [7, 11) is 1.54. The monoisotopic (exact) mass is 269 g/mol. The largest absolute Gasteiger partial charge is 0.495 e. The predicted octanol–water partition coefficient (Wildman–Crippen LogP) is 1.60. The highest BCUT2D eigenvalue weighted by Crippen LogP contribution is 2.25. The van der Waals surface area contributed by atoms with E-state index in [0.29, 0.717) is 29.4 Å². The zero-order chi connectivity index (χ0) is 13.1. The number of aliphatic hydroxyl groups is 1. The third kappa shape index (κ3) is 3.02. The molecular weight excluding hydrogens is 254 g/mol. The Morgan fingerprint density at radius 3 is 2.94 bits per heavy atom. The number of rotatable bonds is 4. The van der Waals surface area contributed by atoms with Crippen molar-refractivity contribution in [1.82, 2.24) is 4.90 Å². The molecule has 0 saturated carbocycles. The smallest absolute Gasteiger partial charge is 0.176 e. The van der Waals surface area contributed by atoms with Gasteiger partial charge in [-0.15, -0.1) is 0 Å². The molecule has 0 aliphatic carbocycles. The van der Waals surface area contributed by atoms with Crippen LogP contribution in [0.2, 0.25) is 5.02 Å². The van der Waals surface area contributed by atoms with E-state index in [4.69, 9.17) is 16.3 Å². The van der Waals surface area contributed by atoms with Gasteiger partial charge in [-0.1, -0.05) is 11.6 Å². The molecule has 0 radical (unpaired) electrons. The van der Waals surface area contributed by atoms with Crippen LogP contribution in [0, 0.1) is 0 Å². The zero-order valence-electron chi connectivity index (χ0n) is 10.2. The minimum absolute atomic E-state index is 0.00801. The molecule has 1 aliphatic rings. The normalized spacial score (nSPS) is 20.1. The molecular formula is C13H16ClNO3. The molecule has 1 fully saturated rings. The van der Waals surface area contributed by atoms with E-state index in [9.17, 15) is 9.90 Å². The second-order valence-corrected chi connectivity index (χ2v) is 4.86. The molecule has 1 heterocycles. The standard InChI is InChI=1S/C13H16ClNO3/c1-18-13-3-2-9(6-11(13)14)12(17)8-15-5-4-10(16)7-15/h2-3,6,10,16H,4-5,7-8H2,1H3. The third-order valence-electron chi connectivity index (χ3n) is 3.09. The second kappa shape index (κ2) is 5.69. The average Bonchev–Trinajstić information content (AvgIpc) is 2.74. The van der Waals surface area contributed by atoms with Crippen molar-refractivity contribution in [2.75, 3.05) is 26.7 Å². The molecule has 1 aliphatic heterocycles. The maximum absolute atomic E-state index is 12.0. The number of ether oxygens (including phenoxy) is 1. The fourth-order valence-electron chi connectivity index (χ4n) is 2.09. The molecule has 98 valence electrons. The first-order valence-corrected chi connectivity index (χ1v) is 6.25. The maximum Gasteiger partial charge on any atom is 0.176 e.